The van der Waals surface area contributed by atoms with E-state index in [-0.39, 0.29) is 17.2 Å². The molecule has 1 unspecified atom stereocenters. The van der Waals surface area contributed by atoms with Crippen LogP contribution in [0.5, 0.6) is 5.75 Å². The Kier molecular flexibility index (Phi) is 19.3. The van der Waals surface area contributed by atoms with Gasteiger partial charge in [0.1, 0.15) is 12.0 Å². The van der Waals surface area contributed by atoms with Gasteiger partial charge in [-0.3, -0.25) is 21.2 Å². The van der Waals surface area contributed by atoms with Crippen LogP contribution in [0.3, 0.4) is 0 Å². The van der Waals surface area contributed by atoms with Crippen molar-refractivity contribution in [2.24, 2.45) is 35.8 Å². The van der Waals surface area contributed by atoms with Gasteiger partial charge in [-0.05, 0) is 112 Å². The van der Waals surface area contributed by atoms with E-state index in [0.717, 1.165) is 96.2 Å². The molecule has 55 heavy (non-hydrogen) atoms. The molecule has 0 spiro atoms. The minimum absolute atomic E-state index is 0.255. The van der Waals surface area contributed by atoms with Crippen LogP contribution in [-0.4, -0.2) is 70.9 Å². The number of ether oxygens (including phenoxy) is 1. The highest BCUT2D eigenvalue weighted by molar-refractivity contribution is 5.94. The van der Waals surface area contributed by atoms with E-state index in [9.17, 15) is 14.7 Å². The lowest BCUT2D eigenvalue weighted by Gasteiger charge is -2.24. The molecule has 2 heterocycles. The number of aryl methyl sites for hydroxylation is 3. The molecule has 2 aromatic carbocycles. The van der Waals surface area contributed by atoms with E-state index in [2.05, 4.69) is 98.0 Å². The number of phenolic OH excluding ortho intramolecular Hbond substituents is 1. The average molecular weight is 761 g/mol. The predicted molar refractivity (Wildman–Crippen MR) is 226 cm³/mol. The van der Waals surface area contributed by atoms with E-state index < -0.39 is 0 Å². The number of hydrazine groups is 1. The topological polar surface area (TPSA) is 180 Å². The molecule has 0 radical (unpaired) electrons. The normalized spacial score (nSPS) is 11.9. The summed E-state index contributed by atoms with van der Waals surface area (Å²) in [4.78, 5) is 23.8. The van der Waals surface area contributed by atoms with Gasteiger partial charge in [0.15, 0.2) is 0 Å². The van der Waals surface area contributed by atoms with Gasteiger partial charge in [-0.25, -0.2) is 0 Å². The fraction of sp³-hybridized carbons (Fsp3) is 0.512. The van der Waals surface area contributed by atoms with Crippen molar-refractivity contribution in [3.05, 3.63) is 71.6 Å². The van der Waals surface area contributed by atoms with Crippen molar-refractivity contribution in [2.75, 3.05) is 27.7 Å². The van der Waals surface area contributed by atoms with Crippen molar-refractivity contribution >= 4 is 23.7 Å². The molecule has 0 saturated carbocycles. The lowest BCUT2D eigenvalue weighted by molar-refractivity contribution is -0.131. The molecule has 1 atom stereocenters. The highest BCUT2D eigenvalue weighted by Gasteiger charge is 2.28. The van der Waals surface area contributed by atoms with Crippen LogP contribution in [0.1, 0.15) is 83.5 Å². The maximum absolute atomic E-state index is 11.1. The van der Waals surface area contributed by atoms with Crippen molar-refractivity contribution in [3.8, 4) is 28.3 Å². The smallest absolute Gasteiger partial charge is 0.293 e. The van der Waals surface area contributed by atoms with Crippen LogP contribution in [0.15, 0.2) is 54.7 Å². The Balaban J connectivity index is 0.000000834. The van der Waals surface area contributed by atoms with Gasteiger partial charge in [0.25, 0.3) is 6.47 Å². The van der Waals surface area contributed by atoms with Crippen molar-refractivity contribution < 1.29 is 19.4 Å². The molecule has 8 N–H and O–H groups in total. The molecule has 12 nitrogen and oxygen atoms in total. The third kappa shape index (κ3) is 13.6. The number of rotatable bonds is 20. The summed E-state index contributed by atoms with van der Waals surface area (Å²) in [7, 11) is 7.98. The van der Waals surface area contributed by atoms with Gasteiger partial charge in [-0.1, -0.05) is 59.2 Å². The molecule has 4 aromatic rings. The molecule has 0 amide bonds. The van der Waals surface area contributed by atoms with Crippen molar-refractivity contribution in [2.45, 2.75) is 98.7 Å². The molecule has 0 aliphatic carbocycles. The van der Waals surface area contributed by atoms with Crippen LogP contribution in [0.2, 0.25) is 0 Å². The van der Waals surface area contributed by atoms with E-state index in [1.807, 2.05) is 45.0 Å². The molecule has 0 bridgehead atoms. The van der Waals surface area contributed by atoms with Crippen LogP contribution in [0, 0.1) is 11.3 Å². The van der Waals surface area contributed by atoms with Gasteiger partial charge in [-0.2, -0.15) is 5.10 Å². The van der Waals surface area contributed by atoms with Gasteiger partial charge in [0.2, 0.25) is 0 Å². The minimum Gasteiger partial charge on any atom is -0.508 e. The quantitative estimate of drug-likeness (QED) is 0.0291. The predicted octanol–water partition coefficient (Wildman–Crippen LogP) is 6.45. The first-order valence-corrected chi connectivity index (χ1v) is 19.3. The first-order valence-electron chi connectivity index (χ1n) is 19.3. The Labute approximate surface area is 329 Å². The molecular formula is C43H68N8O4. The summed E-state index contributed by atoms with van der Waals surface area (Å²) in [6.07, 6.45) is 7.26. The summed E-state index contributed by atoms with van der Waals surface area (Å²) < 4.78 is 9.59. The lowest BCUT2D eigenvalue weighted by Crippen LogP contribution is -2.35. The fourth-order valence-electron chi connectivity index (χ4n) is 7.18. The molecule has 12 heteroatoms. The van der Waals surface area contributed by atoms with Crippen molar-refractivity contribution in [1.82, 2.24) is 24.6 Å². The number of nitrogens with one attached hydrogen (secondary N) is 1. The number of fused-ring (bicyclic) bond motifs is 1. The number of nitrogens with zero attached hydrogens (tertiary/aromatic N) is 4. The second-order valence-electron chi connectivity index (χ2n) is 15.5. The summed E-state index contributed by atoms with van der Waals surface area (Å²) in [5.74, 6) is 8.79. The number of carbonyl (C=O) groups is 2. The van der Waals surface area contributed by atoms with Crippen LogP contribution < -0.4 is 22.7 Å². The first kappa shape index (κ1) is 46.7. The van der Waals surface area contributed by atoms with Crippen LogP contribution in [0.25, 0.3) is 33.4 Å². The summed E-state index contributed by atoms with van der Waals surface area (Å²) in [5, 5.41) is 19.7. The van der Waals surface area contributed by atoms with Gasteiger partial charge < -0.3 is 35.2 Å². The second kappa shape index (κ2) is 22.8. The number of hydrogen-bond donors (Lipinski definition) is 5. The largest absolute Gasteiger partial charge is 0.508 e. The number of aromatic nitrogens is 3. The number of likely N-dealkylation sites (N-methyl/N-ethyl adjacent to an activating group) is 1. The number of aromatic hydroxyl groups is 1. The maximum Gasteiger partial charge on any atom is 0.293 e. The van der Waals surface area contributed by atoms with E-state index >= 15 is 0 Å². The van der Waals surface area contributed by atoms with Gasteiger partial charge in [0, 0.05) is 54.6 Å². The summed E-state index contributed by atoms with van der Waals surface area (Å²) >= 11 is 0. The zero-order chi connectivity index (χ0) is 41.3. The Morgan fingerprint density at radius 1 is 1.05 bits per heavy atom. The first-order chi connectivity index (χ1) is 26.2. The van der Waals surface area contributed by atoms with E-state index in [4.69, 9.17) is 15.6 Å². The van der Waals surface area contributed by atoms with E-state index in [1.165, 1.54) is 5.56 Å². The molecule has 2 aromatic heterocycles. The van der Waals surface area contributed by atoms with Crippen LogP contribution in [0.4, 0.5) is 0 Å². The average Bonchev–Trinajstić information content (AvgIpc) is 3.63. The zero-order valence-electron chi connectivity index (χ0n) is 34.8. The van der Waals surface area contributed by atoms with Gasteiger partial charge in [-0.15, -0.1) is 0 Å². The molecule has 304 valence electrons. The molecule has 0 fully saturated rings. The second-order valence-corrected chi connectivity index (χ2v) is 15.5. The SMILES string of the molecule is C=C(N)C(NC)C(C)C.CCn1c(-c2cc(CN(C)C)nn2C)c(CC(C)(C)COC=O)c2cc(-c3cc(O)cc(CCCCCCC=O)c3)ccc21.NN. The molecule has 0 aliphatic heterocycles. The highest BCUT2D eigenvalue weighted by Crippen LogP contribution is 2.40. The standard InChI is InChI=1S/C36H48N4O4.C7H16N2.H4N2/c1-7-40-33-15-14-27(28-17-26(18-30(43)19-28)13-11-9-8-10-12-16-41)20-31(33)32(22-36(2,3)24-44-25-42)35(40)34-21-29(23-38(4)5)37-39(34)6;1-5(2)7(9-4)6(3)8;1-2/h14-21,25,43H,7-13,22-24H2,1-6H3;5,7,9H,3,8H2,1-2,4H3;1-2H2. The van der Waals surface area contributed by atoms with Gasteiger partial charge in [0.05, 0.1) is 23.7 Å². The number of hydrogen-bond acceptors (Lipinski definition) is 10. The molecule has 0 saturated heterocycles. The third-order valence-corrected chi connectivity index (χ3v) is 9.56. The van der Waals surface area contributed by atoms with Crippen LogP contribution >= 0.6 is 0 Å². The lowest BCUT2D eigenvalue weighted by atomic mass is 9.84. The highest BCUT2D eigenvalue weighted by atomic mass is 16.5. The zero-order valence-corrected chi connectivity index (χ0v) is 34.8. The third-order valence-electron chi connectivity index (χ3n) is 9.56. The Morgan fingerprint density at radius 3 is 2.31 bits per heavy atom. The number of carbonyl (C=O) groups excluding carboxylic acids is 2. The van der Waals surface area contributed by atoms with Crippen molar-refractivity contribution in [1.29, 1.82) is 0 Å². The van der Waals surface area contributed by atoms with Crippen molar-refractivity contribution in [3.63, 3.8) is 0 Å². The van der Waals surface area contributed by atoms with Gasteiger partial charge >= 0.3 is 0 Å². The summed E-state index contributed by atoms with van der Waals surface area (Å²) in [6.45, 7) is 16.7. The number of phenols is 1. The molecule has 0 aliphatic rings. The fourth-order valence-corrected chi connectivity index (χ4v) is 7.18. The molecular weight excluding hydrogens is 693 g/mol. The van der Waals surface area contributed by atoms with E-state index in [0.29, 0.717) is 37.5 Å². The number of benzene rings is 2. The number of unbranched alkanes of at least 4 members (excludes halogenated alkanes) is 4. The summed E-state index contributed by atoms with van der Waals surface area (Å²) in [6, 6.07) is 14.9. The van der Waals surface area contributed by atoms with Crippen LogP contribution in [-0.2, 0) is 47.3 Å². The van der Waals surface area contributed by atoms with E-state index in [1.54, 1.807) is 0 Å². The Morgan fingerprint density at radius 2 is 1.75 bits per heavy atom. The minimum atomic E-state index is -0.298. The number of nitrogens with two attached hydrogens (primary N) is 3. The monoisotopic (exact) mass is 761 g/mol. The maximum atomic E-state index is 11.1. The Bertz CT molecular complexity index is 1810. The number of aldehydes is 1. The summed E-state index contributed by atoms with van der Waals surface area (Å²) in [5.41, 5.74) is 14.6. The Hall–Kier alpha value is -4.49. The molecule has 4 rings (SSSR count).